The summed E-state index contributed by atoms with van der Waals surface area (Å²) in [5.74, 6) is -0.261. The molecule has 1 aromatic rings. The van der Waals surface area contributed by atoms with Gasteiger partial charge in [0.2, 0.25) is 10.0 Å². The maximum atomic E-state index is 12.5. The fourth-order valence-electron chi connectivity index (χ4n) is 1.27. The molecule has 20 heavy (non-hydrogen) atoms. The number of anilines is 2. The van der Waals surface area contributed by atoms with Crippen LogP contribution in [0.15, 0.2) is 12.3 Å². The van der Waals surface area contributed by atoms with Crippen molar-refractivity contribution in [3.05, 3.63) is 18.0 Å². The number of nitrogen functional groups attached to an aromatic ring is 1. The minimum Gasteiger partial charge on any atom is -0.396 e. The smallest absolute Gasteiger partial charge is 0.396 e. The molecule has 0 aliphatic heterocycles. The molecule has 1 heterocycles. The van der Waals surface area contributed by atoms with Crippen LogP contribution >= 0.6 is 0 Å². The summed E-state index contributed by atoms with van der Waals surface area (Å²) < 4.78 is 61.5. The molecule has 6 nitrogen and oxygen atoms in total. The molecular formula is C10H15F3N4O2S. The number of nitrogens with two attached hydrogens (primary N) is 1. The third-order valence-corrected chi connectivity index (χ3v) is 4.29. The zero-order valence-corrected chi connectivity index (χ0v) is 11.7. The van der Waals surface area contributed by atoms with Crippen LogP contribution in [0.1, 0.15) is 5.69 Å². The molecule has 0 fully saturated rings. The summed E-state index contributed by atoms with van der Waals surface area (Å²) in [5, 5.41) is 2.57. The lowest BCUT2D eigenvalue weighted by molar-refractivity contribution is -0.141. The lowest BCUT2D eigenvalue weighted by Gasteiger charge is -2.14. The molecule has 0 aliphatic carbocycles. The predicted molar refractivity (Wildman–Crippen MR) is 69.6 cm³/mol. The number of pyridine rings is 1. The Hall–Kier alpha value is -1.55. The van der Waals surface area contributed by atoms with Gasteiger partial charge >= 0.3 is 6.18 Å². The van der Waals surface area contributed by atoms with Gasteiger partial charge in [0, 0.05) is 20.6 Å². The molecule has 0 amide bonds. The van der Waals surface area contributed by atoms with E-state index in [1.807, 2.05) is 0 Å². The first-order chi connectivity index (χ1) is 9.04. The lowest BCUT2D eigenvalue weighted by atomic mass is 10.2. The van der Waals surface area contributed by atoms with Crippen LogP contribution in [0.2, 0.25) is 0 Å². The maximum Gasteiger partial charge on any atom is 0.433 e. The third-order valence-electron chi connectivity index (χ3n) is 2.46. The molecule has 0 saturated heterocycles. The Morgan fingerprint density at radius 1 is 1.40 bits per heavy atom. The Labute approximate surface area is 114 Å². The Kier molecular flexibility index (Phi) is 4.81. The van der Waals surface area contributed by atoms with Gasteiger partial charge in [0.15, 0.2) is 0 Å². The van der Waals surface area contributed by atoms with Crippen molar-refractivity contribution in [3.8, 4) is 0 Å². The van der Waals surface area contributed by atoms with E-state index in [0.29, 0.717) is 0 Å². The first kappa shape index (κ1) is 16.5. The van der Waals surface area contributed by atoms with E-state index in [0.717, 1.165) is 16.6 Å². The van der Waals surface area contributed by atoms with E-state index in [1.165, 1.54) is 14.1 Å². The van der Waals surface area contributed by atoms with Crippen LogP contribution in [0.5, 0.6) is 0 Å². The van der Waals surface area contributed by atoms with Crippen molar-refractivity contribution in [1.29, 1.82) is 0 Å². The Morgan fingerprint density at radius 3 is 2.50 bits per heavy atom. The highest BCUT2D eigenvalue weighted by molar-refractivity contribution is 7.89. The van der Waals surface area contributed by atoms with Gasteiger partial charge in [-0.05, 0) is 6.07 Å². The zero-order valence-electron chi connectivity index (χ0n) is 10.9. The van der Waals surface area contributed by atoms with Crippen molar-refractivity contribution in [1.82, 2.24) is 9.29 Å². The second-order valence-electron chi connectivity index (χ2n) is 4.18. The second kappa shape index (κ2) is 5.83. The minimum absolute atomic E-state index is 0.00119. The molecule has 0 aliphatic rings. The topological polar surface area (TPSA) is 88.3 Å². The normalized spacial score (nSPS) is 12.7. The van der Waals surface area contributed by atoms with Gasteiger partial charge in [-0.1, -0.05) is 0 Å². The van der Waals surface area contributed by atoms with Crippen molar-refractivity contribution < 1.29 is 21.6 Å². The van der Waals surface area contributed by atoms with E-state index in [4.69, 9.17) is 5.73 Å². The predicted octanol–water partition coefficient (Wildman–Crippen LogP) is 0.986. The first-order valence-electron chi connectivity index (χ1n) is 5.51. The van der Waals surface area contributed by atoms with Crippen molar-refractivity contribution >= 4 is 21.4 Å². The van der Waals surface area contributed by atoms with Gasteiger partial charge in [-0.15, -0.1) is 0 Å². The summed E-state index contributed by atoms with van der Waals surface area (Å²) in [6.07, 6.45) is -3.70. The molecule has 1 rings (SSSR count). The second-order valence-corrected chi connectivity index (χ2v) is 6.48. The van der Waals surface area contributed by atoms with Crippen LogP contribution < -0.4 is 11.1 Å². The van der Waals surface area contributed by atoms with E-state index >= 15 is 0 Å². The first-order valence-corrected chi connectivity index (χ1v) is 7.12. The molecule has 0 spiro atoms. The van der Waals surface area contributed by atoms with Crippen molar-refractivity contribution in [2.45, 2.75) is 6.18 Å². The Balaban J connectivity index is 2.79. The lowest BCUT2D eigenvalue weighted by Crippen LogP contribution is -2.28. The number of nitrogens with one attached hydrogen (secondary N) is 1. The van der Waals surface area contributed by atoms with Crippen molar-refractivity contribution in [2.75, 3.05) is 37.4 Å². The SMILES string of the molecule is CN(C)S(=O)(=O)CCNc1cc(C(F)(F)F)ncc1N. The fraction of sp³-hybridized carbons (Fsp3) is 0.500. The number of sulfonamides is 1. The summed E-state index contributed by atoms with van der Waals surface area (Å²) in [5.41, 5.74) is 4.41. The van der Waals surface area contributed by atoms with Gasteiger partial charge in [0.05, 0.1) is 23.3 Å². The largest absolute Gasteiger partial charge is 0.433 e. The summed E-state index contributed by atoms with van der Waals surface area (Å²) in [6.45, 7) is -0.0635. The average molecular weight is 312 g/mol. The molecule has 0 radical (unpaired) electrons. The maximum absolute atomic E-state index is 12.5. The van der Waals surface area contributed by atoms with Gasteiger partial charge in [-0.2, -0.15) is 13.2 Å². The van der Waals surface area contributed by atoms with Crippen LogP contribution in [-0.4, -0.2) is 44.1 Å². The number of nitrogens with zero attached hydrogens (tertiary/aromatic N) is 2. The van der Waals surface area contributed by atoms with Gasteiger partial charge in [-0.3, -0.25) is 0 Å². The van der Waals surface area contributed by atoms with E-state index in [1.54, 1.807) is 0 Å². The number of hydrogen-bond acceptors (Lipinski definition) is 5. The number of halogens is 3. The van der Waals surface area contributed by atoms with Gasteiger partial charge in [-0.25, -0.2) is 17.7 Å². The molecule has 114 valence electrons. The summed E-state index contributed by atoms with van der Waals surface area (Å²) >= 11 is 0. The number of alkyl halides is 3. The molecule has 0 atom stereocenters. The molecule has 0 saturated carbocycles. The Bertz CT molecular complexity index is 572. The highest BCUT2D eigenvalue weighted by Crippen LogP contribution is 2.30. The zero-order chi connectivity index (χ0) is 15.6. The highest BCUT2D eigenvalue weighted by Gasteiger charge is 2.32. The molecule has 0 aromatic carbocycles. The van der Waals surface area contributed by atoms with Crippen molar-refractivity contribution in [3.63, 3.8) is 0 Å². The summed E-state index contributed by atoms with van der Waals surface area (Å²) in [4.78, 5) is 3.18. The van der Waals surface area contributed by atoms with Crippen molar-refractivity contribution in [2.24, 2.45) is 0 Å². The third kappa shape index (κ3) is 4.23. The van der Waals surface area contributed by atoms with Crippen LogP contribution in [0, 0.1) is 0 Å². The number of hydrogen-bond donors (Lipinski definition) is 2. The van der Waals surface area contributed by atoms with Crippen LogP contribution in [0.3, 0.4) is 0 Å². The molecule has 0 bridgehead atoms. The summed E-state index contributed by atoms with van der Waals surface area (Å²) in [7, 11) is -0.682. The van der Waals surface area contributed by atoms with Gasteiger partial charge in [0.25, 0.3) is 0 Å². The van der Waals surface area contributed by atoms with Crippen LogP contribution in [0.25, 0.3) is 0 Å². The van der Waals surface area contributed by atoms with Crippen LogP contribution in [-0.2, 0) is 16.2 Å². The van der Waals surface area contributed by atoms with E-state index in [2.05, 4.69) is 10.3 Å². The highest BCUT2D eigenvalue weighted by atomic mass is 32.2. The van der Waals surface area contributed by atoms with Gasteiger partial charge in [0.1, 0.15) is 5.69 Å². The van der Waals surface area contributed by atoms with E-state index in [-0.39, 0.29) is 23.7 Å². The molecule has 0 unspecified atom stereocenters. The number of rotatable bonds is 5. The fourth-order valence-corrected chi connectivity index (χ4v) is 2.00. The average Bonchev–Trinajstić information content (AvgIpc) is 2.29. The Morgan fingerprint density at radius 2 is 2.00 bits per heavy atom. The van der Waals surface area contributed by atoms with Crippen LogP contribution in [0.4, 0.5) is 24.5 Å². The van der Waals surface area contributed by atoms with E-state index in [9.17, 15) is 21.6 Å². The van der Waals surface area contributed by atoms with Gasteiger partial charge < -0.3 is 11.1 Å². The monoisotopic (exact) mass is 312 g/mol. The standard InChI is InChI=1S/C10H15F3N4O2S/c1-17(2)20(18,19)4-3-15-8-5-9(10(11,12)13)16-6-7(8)14/h5-6H,3-4,14H2,1-2H3,(H,15,16). The minimum atomic E-state index is -4.58. The molecule has 10 heteroatoms. The summed E-state index contributed by atoms with van der Waals surface area (Å²) in [6, 6.07) is 0.748. The molecule has 1 aromatic heterocycles. The quantitative estimate of drug-likeness (QED) is 0.846. The van der Waals surface area contributed by atoms with E-state index < -0.39 is 21.9 Å². The number of aromatic nitrogens is 1. The molecule has 3 N–H and O–H groups in total. The molecular weight excluding hydrogens is 297 g/mol.